The number of thioether (sulfide) groups is 1. The van der Waals surface area contributed by atoms with E-state index >= 15 is 0 Å². The van der Waals surface area contributed by atoms with E-state index in [9.17, 15) is 13.2 Å². The molecule has 6 heteroatoms. The van der Waals surface area contributed by atoms with Gasteiger partial charge in [-0.3, -0.25) is 4.79 Å². The topological polar surface area (TPSA) is 63.2 Å². The van der Waals surface area contributed by atoms with Gasteiger partial charge in [0.25, 0.3) is 0 Å². The lowest BCUT2D eigenvalue weighted by Crippen LogP contribution is -2.33. The van der Waals surface area contributed by atoms with Crippen molar-refractivity contribution in [3.63, 3.8) is 0 Å². The molecule has 0 saturated heterocycles. The molecular weight excluding hydrogens is 294 g/mol. The van der Waals surface area contributed by atoms with Crippen LogP contribution in [0.25, 0.3) is 0 Å². The molecule has 0 amide bonds. The summed E-state index contributed by atoms with van der Waals surface area (Å²) in [5.41, 5.74) is 0.511. The van der Waals surface area contributed by atoms with Gasteiger partial charge in [0, 0.05) is 11.6 Å². The number of nitrogens with one attached hydrogen (secondary N) is 1. The van der Waals surface area contributed by atoms with Crippen LogP contribution in [0.15, 0.2) is 29.2 Å². The summed E-state index contributed by atoms with van der Waals surface area (Å²) in [6.07, 6.45) is 0.795. The van der Waals surface area contributed by atoms with E-state index in [2.05, 4.69) is 11.6 Å². The first kappa shape index (κ1) is 17.2. The number of rotatable bonds is 8. The van der Waals surface area contributed by atoms with Crippen LogP contribution in [0.4, 0.5) is 0 Å². The number of benzene rings is 1. The highest BCUT2D eigenvalue weighted by Gasteiger charge is 2.17. The first-order valence-corrected chi connectivity index (χ1v) is 9.21. The Kier molecular flexibility index (Phi) is 6.71. The van der Waals surface area contributed by atoms with Crippen molar-refractivity contribution in [3.05, 3.63) is 29.8 Å². The van der Waals surface area contributed by atoms with Gasteiger partial charge >= 0.3 is 0 Å². The second-order valence-electron chi connectivity index (χ2n) is 4.59. The van der Waals surface area contributed by atoms with E-state index in [0.29, 0.717) is 5.56 Å². The van der Waals surface area contributed by atoms with E-state index < -0.39 is 10.0 Å². The summed E-state index contributed by atoms with van der Waals surface area (Å²) in [6, 6.07) is 5.90. The van der Waals surface area contributed by atoms with Gasteiger partial charge in [0.1, 0.15) is 0 Å². The molecule has 0 aliphatic carbocycles. The lowest BCUT2D eigenvalue weighted by molar-refractivity contribution is 0.101. The van der Waals surface area contributed by atoms with Gasteiger partial charge in [-0.15, -0.1) is 0 Å². The SMILES string of the molecule is CCSCCC(C)NS(=O)(=O)c1ccc(C(C)=O)cc1. The lowest BCUT2D eigenvalue weighted by atomic mass is 10.2. The predicted octanol–water partition coefficient (Wildman–Crippen LogP) is 2.70. The van der Waals surface area contributed by atoms with E-state index in [1.54, 1.807) is 11.8 Å². The minimum absolute atomic E-state index is 0.0770. The Morgan fingerprint density at radius 1 is 1.30 bits per heavy atom. The van der Waals surface area contributed by atoms with Crippen molar-refractivity contribution in [1.29, 1.82) is 0 Å². The maximum Gasteiger partial charge on any atom is 0.240 e. The van der Waals surface area contributed by atoms with Gasteiger partial charge in [0.2, 0.25) is 10.0 Å². The van der Waals surface area contributed by atoms with Crippen LogP contribution in [-0.2, 0) is 10.0 Å². The standard InChI is InChI=1S/C14H21NO3S2/c1-4-19-10-9-11(2)15-20(17,18)14-7-5-13(6-8-14)12(3)16/h5-8,11,15H,4,9-10H2,1-3H3. The molecule has 0 bridgehead atoms. The van der Waals surface area contributed by atoms with Crippen LogP contribution in [0.5, 0.6) is 0 Å². The summed E-state index contributed by atoms with van der Waals surface area (Å²) in [6.45, 7) is 5.39. The Balaban J connectivity index is 2.70. The number of Topliss-reactive ketones (excluding diaryl/α,β-unsaturated/α-hetero) is 1. The highest BCUT2D eigenvalue weighted by Crippen LogP contribution is 2.13. The minimum Gasteiger partial charge on any atom is -0.295 e. The predicted molar refractivity (Wildman–Crippen MR) is 83.8 cm³/mol. The molecule has 1 rings (SSSR count). The Labute approximate surface area is 125 Å². The molecule has 0 aromatic heterocycles. The van der Waals surface area contributed by atoms with Gasteiger partial charge in [-0.25, -0.2) is 13.1 Å². The van der Waals surface area contributed by atoms with Crippen molar-refractivity contribution >= 4 is 27.6 Å². The molecule has 1 aromatic rings. The van der Waals surface area contributed by atoms with Crippen molar-refractivity contribution in [1.82, 2.24) is 4.72 Å². The van der Waals surface area contributed by atoms with Crippen LogP contribution in [0.1, 0.15) is 37.6 Å². The molecule has 0 radical (unpaired) electrons. The summed E-state index contributed by atoms with van der Waals surface area (Å²) in [5, 5.41) is 0. The van der Waals surface area contributed by atoms with Crippen LogP contribution in [0.2, 0.25) is 0 Å². The zero-order valence-electron chi connectivity index (χ0n) is 12.0. The number of carbonyl (C=O) groups is 1. The Morgan fingerprint density at radius 2 is 1.90 bits per heavy atom. The highest BCUT2D eigenvalue weighted by molar-refractivity contribution is 7.99. The van der Waals surface area contributed by atoms with Gasteiger partial charge in [0.05, 0.1) is 4.90 Å². The number of carbonyl (C=O) groups excluding carboxylic acids is 1. The summed E-state index contributed by atoms with van der Waals surface area (Å²) in [5.74, 6) is 1.89. The monoisotopic (exact) mass is 315 g/mol. The first-order chi connectivity index (χ1) is 9.36. The number of hydrogen-bond donors (Lipinski definition) is 1. The highest BCUT2D eigenvalue weighted by atomic mass is 32.2. The van der Waals surface area contributed by atoms with Crippen LogP contribution in [0.3, 0.4) is 0 Å². The molecule has 0 heterocycles. The van der Waals surface area contributed by atoms with E-state index in [4.69, 9.17) is 0 Å². The van der Waals surface area contributed by atoms with Gasteiger partial charge in [-0.1, -0.05) is 19.1 Å². The fraction of sp³-hybridized carbons (Fsp3) is 0.500. The van der Waals surface area contributed by atoms with E-state index in [1.165, 1.54) is 31.2 Å². The average molecular weight is 315 g/mol. The molecule has 1 aromatic carbocycles. The molecule has 0 aliphatic rings. The summed E-state index contributed by atoms with van der Waals surface area (Å²) in [4.78, 5) is 11.4. The van der Waals surface area contributed by atoms with Gasteiger partial charge in [-0.2, -0.15) is 11.8 Å². The average Bonchev–Trinajstić information content (AvgIpc) is 2.38. The Bertz CT molecular complexity index is 538. The molecule has 1 unspecified atom stereocenters. The van der Waals surface area contributed by atoms with E-state index in [0.717, 1.165) is 17.9 Å². The maximum absolute atomic E-state index is 12.2. The molecule has 1 atom stereocenters. The molecule has 112 valence electrons. The van der Waals surface area contributed by atoms with Crippen molar-refractivity contribution < 1.29 is 13.2 Å². The molecule has 0 saturated carbocycles. The van der Waals surface area contributed by atoms with Crippen molar-refractivity contribution in [3.8, 4) is 0 Å². The Hall–Kier alpha value is -0.850. The first-order valence-electron chi connectivity index (χ1n) is 6.58. The van der Waals surface area contributed by atoms with Crippen LogP contribution < -0.4 is 4.72 Å². The van der Waals surface area contributed by atoms with Gasteiger partial charge < -0.3 is 0 Å². The smallest absolute Gasteiger partial charge is 0.240 e. The van der Waals surface area contributed by atoms with Crippen molar-refractivity contribution in [2.45, 2.75) is 38.1 Å². The van der Waals surface area contributed by atoms with Crippen molar-refractivity contribution in [2.75, 3.05) is 11.5 Å². The van der Waals surface area contributed by atoms with Crippen LogP contribution in [-0.4, -0.2) is 31.7 Å². The molecule has 0 aliphatic heterocycles. The van der Waals surface area contributed by atoms with E-state index in [-0.39, 0.29) is 16.7 Å². The third-order valence-electron chi connectivity index (χ3n) is 2.83. The maximum atomic E-state index is 12.2. The zero-order chi connectivity index (χ0) is 15.2. The van der Waals surface area contributed by atoms with Gasteiger partial charge in [-0.05, 0) is 43.9 Å². The van der Waals surface area contributed by atoms with Crippen LogP contribution >= 0.6 is 11.8 Å². The fourth-order valence-corrected chi connectivity index (χ4v) is 3.75. The molecule has 20 heavy (non-hydrogen) atoms. The zero-order valence-corrected chi connectivity index (χ0v) is 13.7. The molecule has 4 nitrogen and oxygen atoms in total. The molecule has 0 fully saturated rings. The number of sulfonamides is 1. The Morgan fingerprint density at radius 3 is 2.40 bits per heavy atom. The van der Waals surface area contributed by atoms with Gasteiger partial charge in [0.15, 0.2) is 5.78 Å². The van der Waals surface area contributed by atoms with Crippen molar-refractivity contribution in [2.24, 2.45) is 0 Å². The third kappa shape index (κ3) is 5.26. The molecule has 1 N–H and O–H groups in total. The quantitative estimate of drug-likeness (QED) is 0.592. The largest absolute Gasteiger partial charge is 0.295 e. The number of hydrogen-bond acceptors (Lipinski definition) is 4. The normalized spacial score (nSPS) is 13.2. The van der Waals surface area contributed by atoms with E-state index in [1.807, 2.05) is 6.92 Å². The molecule has 0 spiro atoms. The van der Waals surface area contributed by atoms with Crippen LogP contribution in [0, 0.1) is 0 Å². The second kappa shape index (κ2) is 7.81. The molecular formula is C14H21NO3S2. The minimum atomic E-state index is -3.51. The summed E-state index contributed by atoms with van der Waals surface area (Å²) in [7, 11) is -3.51. The lowest BCUT2D eigenvalue weighted by Gasteiger charge is -2.14. The second-order valence-corrected chi connectivity index (χ2v) is 7.70. The third-order valence-corrected chi connectivity index (χ3v) is 5.36. The number of ketones is 1. The summed E-state index contributed by atoms with van der Waals surface area (Å²) >= 11 is 1.79. The fourth-order valence-electron chi connectivity index (χ4n) is 1.67. The summed E-state index contributed by atoms with van der Waals surface area (Å²) < 4.78 is 27.0.